The van der Waals surface area contributed by atoms with E-state index in [9.17, 15) is 13.2 Å². The molecule has 1 amide bonds. The van der Waals surface area contributed by atoms with Crippen LogP contribution in [-0.2, 0) is 14.6 Å². The maximum atomic E-state index is 12.1. The molecule has 0 radical (unpaired) electrons. The maximum Gasteiger partial charge on any atom is 0.235 e. The quantitative estimate of drug-likeness (QED) is 0.315. The second-order valence-electron chi connectivity index (χ2n) is 4.65. The van der Waals surface area contributed by atoms with E-state index in [0.717, 1.165) is 6.26 Å². The van der Waals surface area contributed by atoms with Gasteiger partial charge in [0.05, 0.1) is 10.8 Å². The second kappa shape index (κ2) is 7.07. The lowest BCUT2D eigenvalue weighted by Gasteiger charge is -2.14. The molecule has 1 rings (SSSR count). The van der Waals surface area contributed by atoms with E-state index in [2.05, 4.69) is 10.5 Å². The second-order valence-corrected chi connectivity index (χ2v) is 6.67. The van der Waals surface area contributed by atoms with Crippen molar-refractivity contribution in [2.45, 2.75) is 24.7 Å². The fourth-order valence-electron chi connectivity index (χ4n) is 1.79. The molecular formula is C13H19N3O4S. The van der Waals surface area contributed by atoms with Crippen molar-refractivity contribution in [1.29, 1.82) is 0 Å². The van der Waals surface area contributed by atoms with Crippen LogP contribution in [0.2, 0.25) is 0 Å². The highest BCUT2D eigenvalue weighted by Crippen LogP contribution is 2.16. The van der Waals surface area contributed by atoms with Crippen molar-refractivity contribution < 1.29 is 18.4 Å². The first kappa shape index (κ1) is 17.0. The highest BCUT2D eigenvalue weighted by molar-refractivity contribution is 7.90. The molecule has 0 aromatic heterocycles. The molecule has 0 bridgehead atoms. The zero-order valence-corrected chi connectivity index (χ0v) is 12.7. The topological polar surface area (TPSA) is 122 Å². The summed E-state index contributed by atoms with van der Waals surface area (Å²) in [5.41, 5.74) is 5.94. The van der Waals surface area contributed by atoms with Crippen molar-refractivity contribution in [1.82, 2.24) is 0 Å². The molecule has 1 atom stereocenters. The van der Waals surface area contributed by atoms with E-state index in [1.165, 1.54) is 24.3 Å². The molecule has 0 fully saturated rings. The molecule has 0 aliphatic rings. The molecule has 0 heterocycles. The van der Waals surface area contributed by atoms with Crippen molar-refractivity contribution in [3.05, 3.63) is 24.3 Å². The van der Waals surface area contributed by atoms with Crippen molar-refractivity contribution in [2.75, 3.05) is 11.6 Å². The predicted molar refractivity (Wildman–Crippen MR) is 80.0 cm³/mol. The summed E-state index contributed by atoms with van der Waals surface area (Å²) in [6.07, 6.45) is 2.25. The molecular weight excluding hydrogens is 294 g/mol. The van der Waals surface area contributed by atoms with Crippen molar-refractivity contribution in [2.24, 2.45) is 16.8 Å². The van der Waals surface area contributed by atoms with Gasteiger partial charge in [0.25, 0.3) is 0 Å². The van der Waals surface area contributed by atoms with E-state index in [0.29, 0.717) is 18.5 Å². The van der Waals surface area contributed by atoms with Crippen LogP contribution in [0.4, 0.5) is 5.69 Å². The third-order valence-corrected chi connectivity index (χ3v) is 4.04. The van der Waals surface area contributed by atoms with Crippen molar-refractivity contribution in [3.8, 4) is 0 Å². The monoisotopic (exact) mass is 313 g/mol. The SMILES string of the molecule is CCCC(C(=O)Nc1ccc(S(C)(=O)=O)cc1)C(N)=NO. The Labute approximate surface area is 123 Å². The van der Waals surface area contributed by atoms with Gasteiger partial charge in [0.15, 0.2) is 15.7 Å². The molecule has 4 N–H and O–H groups in total. The van der Waals surface area contributed by atoms with E-state index in [4.69, 9.17) is 10.9 Å². The molecule has 7 nitrogen and oxygen atoms in total. The van der Waals surface area contributed by atoms with Gasteiger partial charge in [-0.3, -0.25) is 4.79 Å². The minimum Gasteiger partial charge on any atom is -0.409 e. The van der Waals surface area contributed by atoms with Gasteiger partial charge in [-0.15, -0.1) is 0 Å². The molecule has 1 aromatic rings. The van der Waals surface area contributed by atoms with Crippen LogP contribution in [0, 0.1) is 5.92 Å². The van der Waals surface area contributed by atoms with Crippen molar-refractivity contribution >= 4 is 27.3 Å². The van der Waals surface area contributed by atoms with Crippen LogP contribution < -0.4 is 11.1 Å². The van der Waals surface area contributed by atoms with E-state index in [1.54, 1.807) is 0 Å². The molecule has 8 heteroatoms. The number of amidine groups is 1. The zero-order chi connectivity index (χ0) is 16.0. The zero-order valence-electron chi connectivity index (χ0n) is 11.9. The summed E-state index contributed by atoms with van der Waals surface area (Å²) in [4.78, 5) is 12.3. The Morgan fingerprint density at radius 2 is 1.95 bits per heavy atom. The molecule has 0 aliphatic carbocycles. The number of amides is 1. The number of nitrogens with one attached hydrogen (secondary N) is 1. The van der Waals surface area contributed by atoms with Crippen LogP contribution >= 0.6 is 0 Å². The molecule has 0 spiro atoms. The number of hydrogen-bond acceptors (Lipinski definition) is 5. The van der Waals surface area contributed by atoms with Gasteiger partial charge in [-0.25, -0.2) is 8.42 Å². The Bertz CT molecular complexity index is 623. The summed E-state index contributed by atoms with van der Waals surface area (Å²) < 4.78 is 22.7. The molecule has 0 saturated carbocycles. The standard InChI is InChI=1S/C13H19N3O4S/c1-3-4-11(12(14)16-18)13(17)15-9-5-7-10(8-6-9)21(2,19)20/h5-8,11,18H,3-4H2,1-2H3,(H2,14,16)(H,15,17). The Hall–Kier alpha value is -2.09. The lowest BCUT2D eigenvalue weighted by Crippen LogP contribution is -2.34. The normalized spacial score (nSPS) is 13.7. The summed E-state index contributed by atoms with van der Waals surface area (Å²) in [6.45, 7) is 1.88. The van der Waals surface area contributed by atoms with Gasteiger partial charge < -0.3 is 16.3 Å². The molecule has 1 aromatic carbocycles. The number of oxime groups is 1. The maximum absolute atomic E-state index is 12.1. The first-order valence-corrected chi connectivity index (χ1v) is 8.27. The van der Waals surface area contributed by atoms with E-state index >= 15 is 0 Å². The fourth-order valence-corrected chi connectivity index (χ4v) is 2.42. The molecule has 1 unspecified atom stereocenters. The summed E-state index contributed by atoms with van der Waals surface area (Å²) in [7, 11) is -3.28. The average molecular weight is 313 g/mol. The summed E-state index contributed by atoms with van der Waals surface area (Å²) >= 11 is 0. The molecule has 0 saturated heterocycles. The van der Waals surface area contributed by atoms with Gasteiger partial charge in [0.1, 0.15) is 0 Å². The van der Waals surface area contributed by atoms with Crippen LogP contribution in [0.25, 0.3) is 0 Å². The van der Waals surface area contributed by atoms with Gasteiger partial charge in [-0.2, -0.15) is 0 Å². The Morgan fingerprint density at radius 3 is 2.38 bits per heavy atom. The number of carbonyl (C=O) groups excluding carboxylic acids is 1. The third-order valence-electron chi connectivity index (χ3n) is 2.92. The van der Waals surface area contributed by atoms with Crippen LogP contribution in [0.3, 0.4) is 0 Å². The van der Waals surface area contributed by atoms with E-state index in [1.807, 2.05) is 6.92 Å². The van der Waals surface area contributed by atoms with E-state index in [-0.39, 0.29) is 10.7 Å². The van der Waals surface area contributed by atoms with Crippen LogP contribution in [0.15, 0.2) is 34.3 Å². The number of nitrogens with zero attached hydrogens (tertiary/aromatic N) is 1. The van der Waals surface area contributed by atoms with Gasteiger partial charge in [-0.1, -0.05) is 18.5 Å². The Morgan fingerprint density at radius 1 is 1.38 bits per heavy atom. The van der Waals surface area contributed by atoms with Crippen LogP contribution in [-0.4, -0.2) is 31.6 Å². The summed E-state index contributed by atoms with van der Waals surface area (Å²) in [5, 5.41) is 14.2. The molecule has 21 heavy (non-hydrogen) atoms. The first-order chi connectivity index (χ1) is 9.79. The summed E-state index contributed by atoms with van der Waals surface area (Å²) in [5.74, 6) is -1.28. The highest BCUT2D eigenvalue weighted by Gasteiger charge is 2.22. The van der Waals surface area contributed by atoms with Gasteiger partial charge >= 0.3 is 0 Å². The summed E-state index contributed by atoms with van der Waals surface area (Å²) in [6, 6.07) is 5.79. The number of sulfone groups is 1. The van der Waals surface area contributed by atoms with Gasteiger partial charge in [0, 0.05) is 11.9 Å². The first-order valence-electron chi connectivity index (χ1n) is 6.38. The van der Waals surface area contributed by atoms with Crippen LogP contribution in [0.1, 0.15) is 19.8 Å². The number of nitrogens with two attached hydrogens (primary N) is 1. The lowest BCUT2D eigenvalue weighted by molar-refractivity contribution is -0.118. The van der Waals surface area contributed by atoms with Gasteiger partial charge in [0.2, 0.25) is 5.91 Å². The fraction of sp³-hybridized carbons (Fsp3) is 0.385. The number of rotatable bonds is 6. The lowest BCUT2D eigenvalue weighted by atomic mass is 10.0. The van der Waals surface area contributed by atoms with Crippen molar-refractivity contribution in [3.63, 3.8) is 0 Å². The number of hydrogen-bond donors (Lipinski definition) is 3. The Balaban J connectivity index is 2.87. The smallest absolute Gasteiger partial charge is 0.235 e. The highest BCUT2D eigenvalue weighted by atomic mass is 32.2. The predicted octanol–water partition coefficient (Wildman–Crippen LogP) is 1.19. The molecule has 116 valence electrons. The molecule has 0 aliphatic heterocycles. The number of anilines is 1. The average Bonchev–Trinajstić information content (AvgIpc) is 2.43. The largest absolute Gasteiger partial charge is 0.409 e. The van der Waals surface area contributed by atoms with Gasteiger partial charge in [-0.05, 0) is 30.7 Å². The minimum atomic E-state index is -3.28. The number of carbonyl (C=O) groups is 1. The van der Waals surface area contributed by atoms with E-state index < -0.39 is 21.7 Å². The number of benzene rings is 1. The Kier molecular flexibility index (Phi) is 5.71. The minimum absolute atomic E-state index is 0.151. The third kappa shape index (κ3) is 4.75. The van der Waals surface area contributed by atoms with Crippen LogP contribution in [0.5, 0.6) is 0 Å².